The molecule has 92 valence electrons. The Morgan fingerprint density at radius 1 is 1.28 bits per heavy atom. The van der Waals surface area contributed by atoms with Gasteiger partial charge in [-0.25, -0.2) is 9.78 Å². The van der Waals surface area contributed by atoms with Gasteiger partial charge in [-0.15, -0.1) is 0 Å². The Labute approximate surface area is 98.7 Å². The van der Waals surface area contributed by atoms with Crippen molar-refractivity contribution in [1.82, 2.24) is 15.0 Å². The van der Waals surface area contributed by atoms with Gasteiger partial charge in [-0.2, -0.15) is 4.39 Å². The highest BCUT2D eigenvalue weighted by Gasteiger charge is 2.09. The SMILES string of the molecule is O=C(Nc1cccc(F)n1)c1cc(=O)[nH]c(=O)[nH]1. The zero-order valence-electron chi connectivity index (χ0n) is 8.86. The fraction of sp³-hybridized carbons (Fsp3) is 0. The van der Waals surface area contributed by atoms with Crippen LogP contribution in [0.25, 0.3) is 0 Å². The number of aromatic nitrogens is 3. The summed E-state index contributed by atoms with van der Waals surface area (Å²) in [6.45, 7) is 0. The molecule has 0 saturated heterocycles. The van der Waals surface area contributed by atoms with E-state index < -0.39 is 23.1 Å². The van der Waals surface area contributed by atoms with E-state index in [1.165, 1.54) is 12.1 Å². The third-order valence-electron chi connectivity index (χ3n) is 1.96. The zero-order valence-corrected chi connectivity index (χ0v) is 8.86. The molecule has 0 radical (unpaired) electrons. The van der Waals surface area contributed by atoms with Crippen LogP contribution >= 0.6 is 0 Å². The summed E-state index contributed by atoms with van der Waals surface area (Å²) in [4.78, 5) is 41.0. The van der Waals surface area contributed by atoms with Gasteiger partial charge in [0.05, 0.1) is 0 Å². The second-order valence-electron chi connectivity index (χ2n) is 3.30. The van der Waals surface area contributed by atoms with Crippen LogP contribution in [0.1, 0.15) is 10.5 Å². The molecule has 0 spiro atoms. The largest absolute Gasteiger partial charge is 0.326 e. The van der Waals surface area contributed by atoms with Crippen LogP contribution < -0.4 is 16.6 Å². The Morgan fingerprint density at radius 2 is 2.06 bits per heavy atom. The van der Waals surface area contributed by atoms with Crippen LogP contribution in [0.15, 0.2) is 33.9 Å². The van der Waals surface area contributed by atoms with Crippen LogP contribution in [-0.4, -0.2) is 20.9 Å². The highest BCUT2D eigenvalue weighted by atomic mass is 19.1. The fourth-order valence-electron chi connectivity index (χ4n) is 1.25. The smallest absolute Gasteiger partial charge is 0.305 e. The molecule has 0 aliphatic carbocycles. The Hall–Kier alpha value is -2.77. The first-order valence-electron chi connectivity index (χ1n) is 4.82. The van der Waals surface area contributed by atoms with Crippen molar-refractivity contribution in [1.29, 1.82) is 0 Å². The average Bonchev–Trinajstić information content (AvgIpc) is 2.27. The molecule has 18 heavy (non-hydrogen) atoms. The summed E-state index contributed by atoms with van der Waals surface area (Å²) in [6, 6.07) is 4.76. The van der Waals surface area contributed by atoms with Crippen LogP contribution in [0.2, 0.25) is 0 Å². The maximum atomic E-state index is 12.8. The van der Waals surface area contributed by atoms with E-state index in [1.807, 2.05) is 4.98 Å². The monoisotopic (exact) mass is 250 g/mol. The summed E-state index contributed by atoms with van der Waals surface area (Å²) in [6.07, 6.45) is 0. The predicted octanol–water partition coefficient (Wildman–Crippen LogP) is -0.150. The second kappa shape index (κ2) is 4.62. The number of amides is 1. The average molecular weight is 250 g/mol. The van der Waals surface area contributed by atoms with E-state index in [1.54, 1.807) is 0 Å². The lowest BCUT2D eigenvalue weighted by atomic mass is 10.3. The molecule has 0 aromatic carbocycles. The molecule has 0 fully saturated rings. The summed E-state index contributed by atoms with van der Waals surface area (Å²) in [5.74, 6) is -1.55. The molecule has 2 aromatic rings. The molecule has 0 unspecified atom stereocenters. The van der Waals surface area contributed by atoms with Crippen molar-refractivity contribution in [2.75, 3.05) is 5.32 Å². The van der Waals surface area contributed by atoms with E-state index in [2.05, 4.69) is 15.3 Å². The number of pyridine rings is 1. The van der Waals surface area contributed by atoms with Gasteiger partial charge >= 0.3 is 5.69 Å². The number of rotatable bonds is 2. The summed E-state index contributed by atoms with van der Waals surface area (Å²) in [7, 11) is 0. The van der Waals surface area contributed by atoms with E-state index in [9.17, 15) is 18.8 Å². The van der Waals surface area contributed by atoms with Gasteiger partial charge in [0.1, 0.15) is 11.5 Å². The molecule has 0 atom stereocenters. The number of hydrogen-bond acceptors (Lipinski definition) is 4. The van der Waals surface area contributed by atoms with Gasteiger partial charge < -0.3 is 10.3 Å². The van der Waals surface area contributed by atoms with Gasteiger partial charge in [0, 0.05) is 6.07 Å². The van der Waals surface area contributed by atoms with Crippen LogP contribution in [0.5, 0.6) is 0 Å². The summed E-state index contributed by atoms with van der Waals surface area (Å²) in [5, 5.41) is 2.24. The molecule has 7 nitrogen and oxygen atoms in total. The van der Waals surface area contributed by atoms with E-state index >= 15 is 0 Å². The Kier molecular flexibility index (Phi) is 3.00. The Morgan fingerprint density at radius 3 is 2.72 bits per heavy atom. The highest BCUT2D eigenvalue weighted by molar-refractivity contribution is 6.02. The Bertz CT molecular complexity index is 678. The van der Waals surface area contributed by atoms with Crippen molar-refractivity contribution < 1.29 is 9.18 Å². The minimum absolute atomic E-state index is 0.0267. The van der Waals surface area contributed by atoms with E-state index in [0.29, 0.717) is 0 Å². The molecular formula is C10H7FN4O3. The fourth-order valence-corrected chi connectivity index (χ4v) is 1.25. The summed E-state index contributed by atoms with van der Waals surface area (Å²) in [5.41, 5.74) is -1.76. The number of nitrogens with zero attached hydrogens (tertiary/aromatic N) is 1. The summed E-state index contributed by atoms with van der Waals surface area (Å²) >= 11 is 0. The number of aromatic amines is 2. The normalized spacial score (nSPS) is 10.1. The molecule has 3 N–H and O–H groups in total. The van der Waals surface area contributed by atoms with Gasteiger partial charge in [0.15, 0.2) is 0 Å². The standard InChI is InChI=1S/C10H7FN4O3/c11-6-2-1-3-7(13-6)14-9(17)5-4-8(16)15-10(18)12-5/h1-4H,(H,13,14,17)(H2,12,15,16,18). The van der Waals surface area contributed by atoms with Crippen molar-refractivity contribution in [3.63, 3.8) is 0 Å². The third-order valence-corrected chi connectivity index (χ3v) is 1.96. The minimum Gasteiger partial charge on any atom is -0.305 e. The molecule has 0 aliphatic heterocycles. The Balaban J connectivity index is 2.27. The second-order valence-corrected chi connectivity index (χ2v) is 3.30. The highest BCUT2D eigenvalue weighted by Crippen LogP contribution is 2.04. The van der Waals surface area contributed by atoms with E-state index in [4.69, 9.17) is 0 Å². The van der Waals surface area contributed by atoms with Gasteiger partial charge in [-0.3, -0.25) is 14.6 Å². The maximum absolute atomic E-state index is 12.8. The molecule has 8 heteroatoms. The minimum atomic E-state index is -0.806. The molecule has 0 saturated carbocycles. The van der Waals surface area contributed by atoms with Gasteiger partial charge in [0.25, 0.3) is 11.5 Å². The number of halogens is 1. The number of carbonyl (C=O) groups is 1. The number of hydrogen-bond donors (Lipinski definition) is 3. The lowest BCUT2D eigenvalue weighted by Gasteiger charge is -2.03. The number of nitrogens with one attached hydrogen (secondary N) is 3. The van der Waals surface area contributed by atoms with Crippen molar-refractivity contribution in [2.24, 2.45) is 0 Å². The first kappa shape index (κ1) is 11.7. The van der Waals surface area contributed by atoms with Crippen LogP contribution in [-0.2, 0) is 0 Å². The third kappa shape index (κ3) is 2.67. The first-order valence-corrected chi connectivity index (χ1v) is 4.82. The number of anilines is 1. The predicted molar refractivity (Wildman–Crippen MR) is 59.8 cm³/mol. The van der Waals surface area contributed by atoms with Crippen LogP contribution in [0, 0.1) is 5.95 Å². The lowest BCUT2D eigenvalue weighted by molar-refractivity contribution is 0.102. The molecule has 0 bridgehead atoms. The molecule has 2 rings (SSSR count). The quantitative estimate of drug-likeness (QED) is 0.644. The van der Waals surface area contributed by atoms with Crippen LogP contribution in [0.3, 0.4) is 0 Å². The van der Waals surface area contributed by atoms with Crippen LogP contribution in [0.4, 0.5) is 10.2 Å². The molecular weight excluding hydrogens is 243 g/mol. The van der Waals surface area contributed by atoms with Gasteiger partial charge in [-0.05, 0) is 12.1 Å². The van der Waals surface area contributed by atoms with Crippen molar-refractivity contribution in [3.8, 4) is 0 Å². The number of H-pyrrole nitrogens is 2. The van der Waals surface area contributed by atoms with E-state index in [0.717, 1.165) is 12.1 Å². The van der Waals surface area contributed by atoms with Gasteiger partial charge in [0.2, 0.25) is 5.95 Å². The van der Waals surface area contributed by atoms with Crippen molar-refractivity contribution >= 4 is 11.7 Å². The lowest BCUT2D eigenvalue weighted by Crippen LogP contribution is -2.27. The number of carbonyl (C=O) groups excluding carboxylic acids is 1. The molecule has 1 amide bonds. The molecule has 2 heterocycles. The topological polar surface area (TPSA) is 108 Å². The first-order chi connectivity index (χ1) is 8.54. The zero-order chi connectivity index (χ0) is 13.1. The van der Waals surface area contributed by atoms with Crippen molar-refractivity contribution in [3.05, 3.63) is 56.7 Å². The van der Waals surface area contributed by atoms with Crippen molar-refractivity contribution in [2.45, 2.75) is 0 Å². The molecule has 0 aliphatic rings. The summed E-state index contributed by atoms with van der Waals surface area (Å²) < 4.78 is 12.8. The molecule has 2 aromatic heterocycles. The maximum Gasteiger partial charge on any atom is 0.326 e. The van der Waals surface area contributed by atoms with E-state index in [-0.39, 0.29) is 11.5 Å². The van der Waals surface area contributed by atoms with Gasteiger partial charge in [-0.1, -0.05) is 6.07 Å².